The summed E-state index contributed by atoms with van der Waals surface area (Å²) in [6.07, 6.45) is 0. The van der Waals surface area contributed by atoms with Crippen LogP contribution in [0, 0.1) is 0 Å². The van der Waals surface area contributed by atoms with E-state index >= 15 is 0 Å². The van der Waals surface area contributed by atoms with Gasteiger partial charge in [-0.3, -0.25) is 0 Å². The Kier molecular flexibility index (Phi) is 5.43. The third-order valence-corrected chi connectivity index (χ3v) is 3.79. The number of benzene rings is 2. The molecule has 3 rings (SSSR count). The molecule has 0 saturated heterocycles. The van der Waals surface area contributed by atoms with E-state index in [9.17, 15) is 0 Å². The SMILES string of the molecule is CCNC(=NCc1cccc(Cl)c1)NCc1ccc2c(c1)OCO2. The predicted octanol–water partition coefficient (Wildman–Crippen LogP) is 3.32. The number of halogens is 1. The van der Waals surface area contributed by atoms with Gasteiger partial charge < -0.3 is 20.1 Å². The van der Waals surface area contributed by atoms with Crippen molar-refractivity contribution in [2.75, 3.05) is 13.3 Å². The first-order chi connectivity index (χ1) is 11.7. The van der Waals surface area contributed by atoms with Gasteiger partial charge >= 0.3 is 0 Å². The van der Waals surface area contributed by atoms with Crippen molar-refractivity contribution in [1.29, 1.82) is 0 Å². The third kappa shape index (κ3) is 4.32. The Morgan fingerprint density at radius 1 is 1.08 bits per heavy atom. The number of guanidine groups is 1. The fraction of sp³-hybridized carbons (Fsp3) is 0.278. The zero-order valence-electron chi connectivity index (χ0n) is 13.5. The van der Waals surface area contributed by atoms with Crippen LogP contribution >= 0.6 is 11.6 Å². The van der Waals surface area contributed by atoms with Crippen LogP contribution in [0.15, 0.2) is 47.5 Å². The molecule has 5 nitrogen and oxygen atoms in total. The number of nitrogens with one attached hydrogen (secondary N) is 2. The van der Waals surface area contributed by atoms with Crippen molar-refractivity contribution in [2.45, 2.75) is 20.0 Å². The number of hydrogen-bond donors (Lipinski definition) is 2. The first-order valence-corrected chi connectivity index (χ1v) is 8.27. The molecule has 1 heterocycles. The van der Waals surface area contributed by atoms with Gasteiger partial charge in [-0.1, -0.05) is 29.8 Å². The van der Waals surface area contributed by atoms with Crippen LogP contribution in [0.5, 0.6) is 11.5 Å². The van der Waals surface area contributed by atoms with Gasteiger partial charge in [0.1, 0.15) is 0 Å². The topological polar surface area (TPSA) is 54.9 Å². The van der Waals surface area contributed by atoms with Gasteiger partial charge in [0.25, 0.3) is 0 Å². The maximum atomic E-state index is 6.01. The molecular formula is C18H20ClN3O2. The number of fused-ring (bicyclic) bond motifs is 1. The van der Waals surface area contributed by atoms with Crippen LogP contribution in [-0.4, -0.2) is 19.3 Å². The minimum Gasteiger partial charge on any atom is -0.454 e. The minimum atomic E-state index is 0.288. The van der Waals surface area contributed by atoms with Crippen LogP contribution in [0.3, 0.4) is 0 Å². The smallest absolute Gasteiger partial charge is 0.231 e. The lowest BCUT2D eigenvalue weighted by molar-refractivity contribution is 0.174. The van der Waals surface area contributed by atoms with Crippen LogP contribution in [0.2, 0.25) is 5.02 Å². The summed E-state index contributed by atoms with van der Waals surface area (Å²) in [6.45, 7) is 4.34. The molecule has 2 aromatic rings. The van der Waals surface area contributed by atoms with Gasteiger partial charge in [0.15, 0.2) is 17.5 Å². The molecule has 1 aliphatic heterocycles. The molecule has 126 valence electrons. The Labute approximate surface area is 146 Å². The van der Waals surface area contributed by atoms with Gasteiger partial charge in [0.2, 0.25) is 6.79 Å². The van der Waals surface area contributed by atoms with Gasteiger partial charge in [-0.15, -0.1) is 0 Å². The van der Waals surface area contributed by atoms with Crippen LogP contribution < -0.4 is 20.1 Å². The summed E-state index contributed by atoms with van der Waals surface area (Å²) in [6, 6.07) is 13.6. The molecule has 1 aliphatic rings. The number of rotatable bonds is 5. The number of nitrogens with zero attached hydrogens (tertiary/aromatic N) is 1. The Balaban J connectivity index is 1.62. The van der Waals surface area contributed by atoms with Gasteiger partial charge in [0, 0.05) is 18.1 Å². The second-order valence-corrected chi connectivity index (χ2v) is 5.80. The second-order valence-electron chi connectivity index (χ2n) is 5.37. The highest BCUT2D eigenvalue weighted by molar-refractivity contribution is 6.30. The molecule has 6 heteroatoms. The molecule has 0 bridgehead atoms. The molecule has 0 saturated carbocycles. The van der Waals surface area contributed by atoms with Crippen molar-refractivity contribution in [1.82, 2.24) is 10.6 Å². The fourth-order valence-corrected chi connectivity index (χ4v) is 2.60. The van der Waals surface area contributed by atoms with Crippen molar-refractivity contribution in [3.63, 3.8) is 0 Å². The van der Waals surface area contributed by atoms with Crippen LogP contribution in [0.1, 0.15) is 18.1 Å². The van der Waals surface area contributed by atoms with E-state index in [1.807, 2.05) is 49.4 Å². The van der Waals surface area contributed by atoms with Crippen molar-refractivity contribution in [3.8, 4) is 11.5 Å². The molecule has 0 aromatic heterocycles. The lowest BCUT2D eigenvalue weighted by Gasteiger charge is -2.12. The Bertz CT molecular complexity index is 734. The molecule has 0 spiro atoms. The van der Waals surface area contributed by atoms with E-state index in [1.54, 1.807) is 0 Å². The largest absolute Gasteiger partial charge is 0.454 e. The van der Waals surface area contributed by atoms with E-state index in [0.717, 1.165) is 40.2 Å². The van der Waals surface area contributed by atoms with Crippen molar-refractivity contribution in [2.24, 2.45) is 4.99 Å². The minimum absolute atomic E-state index is 0.288. The van der Waals surface area contributed by atoms with E-state index in [0.29, 0.717) is 13.1 Å². The highest BCUT2D eigenvalue weighted by Gasteiger charge is 2.13. The summed E-state index contributed by atoms with van der Waals surface area (Å²) >= 11 is 6.01. The molecule has 0 amide bonds. The lowest BCUT2D eigenvalue weighted by atomic mass is 10.2. The summed E-state index contributed by atoms with van der Waals surface area (Å²) in [5.74, 6) is 2.34. The summed E-state index contributed by atoms with van der Waals surface area (Å²) in [5, 5.41) is 7.29. The third-order valence-electron chi connectivity index (χ3n) is 3.55. The van der Waals surface area contributed by atoms with Crippen LogP contribution in [-0.2, 0) is 13.1 Å². The zero-order chi connectivity index (χ0) is 16.8. The molecule has 0 atom stereocenters. The summed E-state index contributed by atoms with van der Waals surface area (Å²) in [4.78, 5) is 4.59. The number of aliphatic imine (C=N–C) groups is 1. The van der Waals surface area contributed by atoms with Gasteiger partial charge in [0.05, 0.1) is 6.54 Å². The Hall–Kier alpha value is -2.40. The second kappa shape index (κ2) is 7.93. The van der Waals surface area contributed by atoms with Gasteiger partial charge in [-0.25, -0.2) is 4.99 Å². The maximum absolute atomic E-state index is 6.01. The highest BCUT2D eigenvalue weighted by atomic mass is 35.5. The molecule has 0 fully saturated rings. The van der Waals surface area contributed by atoms with Crippen molar-refractivity contribution < 1.29 is 9.47 Å². The Morgan fingerprint density at radius 3 is 2.79 bits per heavy atom. The maximum Gasteiger partial charge on any atom is 0.231 e. The van der Waals surface area contributed by atoms with Crippen molar-refractivity contribution >= 4 is 17.6 Å². The molecule has 0 unspecified atom stereocenters. The first-order valence-electron chi connectivity index (χ1n) is 7.90. The molecule has 24 heavy (non-hydrogen) atoms. The lowest BCUT2D eigenvalue weighted by Crippen LogP contribution is -2.36. The molecule has 0 radical (unpaired) electrons. The summed E-state index contributed by atoms with van der Waals surface area (Å²) in [5.41, 5.74) is 2.18. The number of hydrogen-bond acceptors (Lipinski definition) is 3. The molecule has 2 N–H and O–H groups in total. The summed E-state index contributed by atoms with van der Waals surface area (Å²) < 4.78 is 10.7. The van der Waals surface area contributed by atoms with E-state index in [2.05, 4.69) is 15.6 Å². The number of ether oxygens (including phenoxy) is 2. The van der Waals surface area contributed by atoms with Gasteiger partial charge in [-0.05, 0) is 42.3 Å². The first kappa shape index (κ1) is 16.5. The molecule has 0 aliphatic carbocycles. The van der Waals surface area contributed by atoms with Crippen LogP contribution in [0.25, 0.3) is 0 Å². The molecule has 2 aromatic carbocycles. The zero-order valence-corrected chi connectivity index (χ0v) is 14.3. The monoisotopic (exact) mass is 345 g/mol. The van der Waals surface area contributed by atoms with E-state index < -0.39 is 0 Å². The standard InChI is InChI=1S/C18H20ClN3O2/c1-2-20-18(21-10-13-4-3-5-15(19)8-13)22-11-14-6-7-16-17(9-14)24-12-23-16/h3-9H,2,10-12H2,1H3,(H2,20,21,22). The normalized spacial score (nSPS) is 13.0. The van der Waals surface area contributed by atoms with Crippen molar-refractivity contribution in [3.05, 3.63) is 58.6 Å². The summed E-state index contributed by atoms with van der Waals surface area (Å²) in [7, 11) is 0. The fourth-order valence-electron chi connectivity index (χ4n) is 2.38. The van der Waals surface area contributed by atoms with Crippen LogP contribution in [0.4, 0.5) is 0 Å². The average Bonchev–Trinajstić information content (AvgIpc) is 3.05. The molecular weight excluding hydrogens is 326 g/mol. The van der Waals surface area contributed by atoms with E-state index in [4.69, 9.17) is 21.1 Å². The predicted molar refractivity (Wildman–Crippen MR) is 95.7 cm³/mol. The highest BCUT2D eigenvalue weighted by Crippen LogP contribution is 2.32. The quantitative estimate of drug-likeness (QED) is 0.644. The van der Waals surface area contributed by atoms with E-state index in [-0.39, 0.29) is 6.79 Å². The Morgan fingerprint density at radius 2 is 1.96 bits per heavy atom. The van der Waals surface area contributed by atoms with Gasteiger partial charge in [-0.2, -0.15) is 0 Å². The van der Waals surface area contributed by atoms with E-state index in [1.165, 1.54) is 0 Å². The average molecular weight is 346 g/mol.